The van der Waals surface area contributed by atoms with Gasteiger partial charge in [-0.1, -0.05) is 12.1 Å². The van der Waals surface area contributed by atoms with Crippen LogP contribution in [0, 0.1) is 0 Å². The first-order valence-electron chi connectivity index (χ1n) is 6.72. The van der Waals surface area contributed by atoms with Gasteiger partial charge in [-0.15, -0.1) is 10.2 Å². The minimum Gasteiger partial charge on any atom is -0.497 e. The van der Waals surface area contributed by atoms with Crippen molar-refractivity contribution in [2.45, 2.75) is 13.0 Å². The highest BCUT2D eigenvalue weighted by Gasteiger charge is 2.01. The molecule has 2 rings (SSSR count). The molecule has 0 atom stereocenters. The Morgan fingerprint density at radius 3 is 2.55 bits per heavy atom. The second-order valence-corrected chi connectivity index (χ2v) is 4.46. The van der Waals surface area contributed by atoms with Crippen LogP contribution in [0.4, 0.5) is 5.82 Å². The Labute approximate surface area is 127 Å². The number of nitrogens with one attached hydrogen (secondary N) is 1. The molecule has 0 fully saturated rings. The molecule has 0 saturated carbocycles. The zero-order valence-electron chi connectivity index (χ0n) is 12.2. The molecule has 7 heteroatoms. The van der Waals surface area contributed by atoms with Crippen molar-refractivity contribution in [2.24, 2.45) is 0 Å². The van der Waals surface area contributed by atoms with Gasteiger partial charge in [0.1, 0.15) is 18.2 Å². The van der Waals surface area contributed by atoms with Crippen molar-refractivity contribution in [2.75, 3.05) is 19.0 Å². The molecule has 0 radical (unpaired) electrons. The van der Waals surface area contributed by atoms with Crippen LogP contribution in [0.2, 0.25) is 0 Å². The third kappa shape index (κ3) is 4.93. The smallest absolute Gasteiger partial charge is 0.305 e. The summed E-state index contributed by atoms with van der Waals surface area (Å²) >= 11 is 0. The normalized spacial score (nSPS) is 10.0. The van der Waals surface area contributed by atoms with E-state index in [1.54, 1.807) is 19.2 Å². The molecule has 1 heterocycles. The maximum atomic E-state index is 10.4. The van der Waals surface area contributed by atoms with Crippen molar-refractivity contribution in [1.29, 1.82) is 0 Å². The maximum absolute atomic E-state index is 10.4. The number of carboxylic acid groups (broad SMARTS) is 1. The molecule has 0 spiro atoms. The lowest BCUT2D eigenvalue weighted by Gasteiger charge is -2.07. The number of hydrogen-bond donors (Lipinski definition) is 2. The predicted molar refractivity (Wildman–Crippen MR) is 80.1 cm³/mol. The Balaban J connectivity index is 1.81. The molecule has 0 amide bonds. The largest absolute Gasteiger partial charge is 0.497 e. The number of aliphatic carboxylic acids is 1. The van der Waals surface area contributed by atoms with Gasteiger partial charge in [-0.2, -0.15) is 0 Å². The van der Waals surface area contributed by atoms with E-state index in [-0.39, 0.29) is 6.42 Å². The third-order valence-electron chi connectivity index (χ3n) is 2.83. The third-order valence-corrected chi connectivity index (χ3v) is 2.83. The second kappa shape index (κ2) is 7.82. The molecule has 2 aromatic rings. The first-order valence-corrected chi connectivity index (χ1v) is 6.72. The molecule has 7 nitrogen and oxygen atoms in total. The fourth-order valence-corrected chi connectivity index (χ4v) is 1.67. The molecule has 0 aliphatic heterocycles. The number of nitrogens with zero attached hydrogens (tertiary/aromatic N) is 2. The van der Waals surface area contributed by atoms with Crippen molar-refractivity contribution in [3.63, 3.8) is 0 Å². The molecule has 0 unspecified atom stereocenters. The molecule has 1 aromatic heterocycles. The average molecular weight is 303 g/mol. The number of rotatable bonds is 8. The van der Waals surface area contributed by atoms with Crippen LogP contribution < -0.4 is 14.8 Å². The van der Waals surface area contributed by atoms with Gasteiger partial charge in [0.05, 0.1) is 13.5 Å². The van der Waals surface area contributed by atoms with Crippen LogP contribution in [-0.2, 0) is 11.4 Å². The van der Waals surface area contributed by atoms with Gasteiger partial charge in [0.2, 0.25) is 5.88 Å². The van der Waals surface area contributed by atoms with Gasteiger partial charge >= 0.3 is 5.97 Å². The molecule has 116 valence electrons. The summed E-state index contributed by atoms with van der Waals surface area (Å²) in [6.07, 6.45) is 0.0252. The SMILES string of the molecule is COc1ccc(COc2ccc(NCCC(=O)O)nn2)cc1. The molecule has 1 aromatic carbocycles. The molecule has 0 aliphatic rings. The minimum atomic E-state index is -0.861. The number of anilines is 1. The number of ether oxygens (including phenoxy) is 2. The van der Waals surface area contributed by atoms with E-state index >= 15 is 0 Å². The van der Waals surface area contributed by atoms with Crippen LogP contribution in [0.1, 0.15) is 12.0 Å². The van der Waals surface area contributed by atoms with Gasteiger partial charge in [0, 0.05) is 12.6 Å². The highest BCUT2D eigenvalue weighted by atomic mass is 16.5. The summed E-state index contributed by atoms with van der Waals surface area (Å²) < 4.78 is 10.6. The fraction of sp³-hybridized carbons (Fsp3) is 0.267. The van der Waals surface area contributed by atoms with E-state index in [0.29, 0.717) is 24.8 Å². The molecular weight excluding hydrogens is 286 g/mol. The van der Waals surface area contributed by atoms with E-state index in [1.807, 2.05) is 24.3 Å². The van der Waals surface area contributed by atoms with Gasteiger partial charge in [0.15, 0.2) is 0 Å². The van der Waals surface area contributed by atoms with Crippen molar-refractivity contribution in [3.05, 3.63) is 42.0 Å². The van der Waals surface area contributed by atoms with E-state index in [1.165, 1.54) is 0 Å². The number of aromatic nitrogens is 2. The molecule has 0 bridgehead atoms. The summed E-state index contributed by atoms with van der Waals surface area (Å²) in [6, 6.07) is 10.9. The van der Waals surface area contributed by atoms with Crippen molar-refractivity contribution < 1.29 is 19.4 Å². The molecular formula is C15H17N3O4. The maximum Gasteiger partial charge on any atom is 0.305 e. The van der Waals surface area contributed by atoms with Gasteiger partial charge < -0.3 is 19.9 Å². The minimum absolute atomic E-state index is 0.0252. The number of carbonyl (C=O) groups is 1. The highest BCUT2D eigenvalue weighted by Crippen LogP contribution is 2.14. The highest BCUT2D eigenvalue weighted by molar-refractivity contribution is 5.67. The number of hydrogen-bond acceptors (Lipinski definition) is 6. The lowest BCUT2D eigenvalue weighted by molar-refractivity contribution is -0.136. The first-order chi connectivity index (χ1) is 10.7. The van der Waals surface area contributed by atoms with Crippen molar-refractivity contribution in [1.82, 2.24) is 10.2 Å². The Bertz CT molecular complexity index is 599. The van der Waals surface area contributed by atoms with Crippen LogP contribution in [0.25, 0.3) is 0 Å². The number of carboxylic acids is 1. The van der Waals surface area contributed by atoms with Gasteiger partial charge in [0.25, 0.3) is 0 Å². The zero-order valence-corrected chi connectivity index (χ0v) is 12.2. The average Bonchev–Trinajstić information content (AvgIpc) is 2.54. The first kappa shape index (κ1) is 15.6. The monoisotopic (exact) mass is 303 g/mol. The fourth-order valence-electron chi connectivity index (χ4n) is 1.67. The lowest BCUT2D eigenvalue weighted by Crippen LogP contribution is -2.09. The standard InChI is InChI=1S/C15H17N3O4/c1-21-12-4-2-11(3-5-12)10-22-14-7-6-13(17-18-14)16-9-8-15(19)20/h2-7H,8-10H2,1H3,(H,16,17)(H,19,20). The Morgan fingerprint density at radius 2 is 1.95 bits per heavy atom. The molecule has 2 N–H and O–H groups in total. The van der Waals surface area contributed by atoms with E-state index in [2.05, 4.69) is 15.5 Å². The molecule has 0 aliphatic carbocycles. The Hall–Kier alpha value is -2.83. The van der Waals surface area contributed by atoms with Crippen LogP contribution in [0.15, 0.2) is 36.4 Å². The summed E-state index contributed by atoms with van der Waals surface area (Å²) in [6.45, 7) is 0.681. The van der Waals surface area contributed by atoms with Crippen molar-refractivity contribution >= 4 is 11.8 Å². The van der Waals surface area contributed by atoms with Gasteiger partial charge in [-0.3, -0.25) is 4.79 Å². The van der Waals surface area contributed by atoms with Gasteiger partial charge in [-0.25, -0.2) is 0 Å². The van der Waals surface area contributed by atoms with Crippen molar-refractivity contribution in [3.8, 4) is 11.6 Å². The van der Waals surface area contributed by atoms with Crippen LogP contribution >= 0.6 is 0 Å². The van der Waals surface area contributed by atoms with E-state index in [4.69, 9.17) is 14.6 Å². The molecule has 22 heavy (non-hydrogen) atoms. The lowest BCUT2D eigenvalue weighted by atomic mass is 10.2. The van der Waals surface area contributed by atoms with E-state index in [9.17, 15) is 4.79 Å². The number of benzene rings is 1. The zero-order chi connectivity index (χ0) is 15.8. The van der Waals surface area contributed by atoms with Crippen LogP contribution in [-0.4, -0.2) is 34.9 Å². The van der Waals surface area contributed by atoms with E-state index < -0.39 is 5.97 Å². The summed E-state index contributed by atoms with van der Waals surface area (Å²) in [5, 5.41) is 19.2. The topological polar surface area (TPSA) is 93.6 Å². The van der Waals surface area contributed by atoms with Crippen LogP contribution in [0.5, 0.6) is 11.6 Å². The van der Waals surface area contributed by atoms with Gasteiger partial charge in [-0.05, 0) is 23.8 Å². The summed E-state index contributed by atoms with van der Waals surface area (Å²) in [5.41, 5.74) is 0.992. The predicted octanol–water partition coefficient (Wildman–Crippen LogP) is 1.95. The molecule has 0 saturated heterocycles. The quantitative estimate of drug-likeness (QED) is 0.769. The Kier molecular flexibility index (Phi) is 5.53. The number of methoxy groups -OCH3 is 1. The Morgan fingerprint density at radius 1 is 1.18 bits per heavy atom. The van der Waals surface area contributed by atoms with E-state index in [0.717, 1.165) is 11.3 Å². The summed E-state index contributed by atoms with van der Waals surface area (Å²) in [4.78, 5) is 10.4. The summed E-state index contributed by atoms with van der Waals surface area (Å²) in [7, 11) is 1.62. The summed E-state index contributed by atoms with van der Waals surface area (Å²) in [5.74, 6) is 0.845. The second-order valence-electron chi connectivity index (χ2n) is 4.46. The van der Waals surface area contributed by atoms with Crippen LogP contribution in [0.3, 0.4) is 0 Å².